The number of carboxylic acids is 1. The van der Waals surface area contributed by atoms with Crippen LogP contribution < -0.4 is 10.9 Å². The quantitative estimate of drug-likeness (QED) is 0.696. The Kier molecular flexibility index (Phi) is 5.08. The van der Waals surface area contributed by atoms with Crippen LogP contribution in [0, 0.1) is 17.8 Å². The summed E-state index contributed by atoms with van der Waals surface area (Å²) in [5.74, 6) is 3.21. The number of aliphatic carboxylic acids is 1. The highest BCUT2D eigenvalue weighted by molar-refractivity contribution is 6.02. The van der Waals surface area contributed by atoms with Gasteiger partial charge in [0.15, 0.2) is 5.75 Å². The number of aromatic hydroxyl groups is 1. The largest absolute Gasteiger partial charge is 0.505 e. The van der Waals surface area contributed by atoms with Gasteiger partial charge in [0, 0.05) is 24.7 Å². The summed E-state index contributed by atoms with van der Waals surface area (Å²) in [4.78, 5) is 39.1. The van der Waals surface area contributed by atoms with E-state index < -0.39 is 35.3 Å². The minimum Gasteiger partial charge on any atom is -0.505 e. The highest BCUT2D eigenvalue weighted by Gasteiger charge is 2.22. The lowest BCUT2D eigenvalue weighted by molar-refractivity contribution is -0.135. The van der Waals surface area contributed by atoms with Gasteiger partial charge >= 0.3 is 5.97 Å². The second kappa shape index (κ2) is 7.05. The van der Waals surface area contributed by atoms with E-state index in [4.69, 9.17) is 5.11 Å². The molecule has 0 aliphatic heterocycles. The van der Waals surface area contributed by atoms with Gasteiger partial charge in [-0.05, 0) is 6.07 Å². The molecule has 0 fully saturated rings. The average molecular weight is 343 g/mol. The number of pyridine rings is 2. The predicted octanol–water partition coefficient (Wildman–Crippen LogP) is 0.461. The number of nitrogens with one attached hydrogen (secondary N) is 1. The zero-order valence-electron chi connectivity index (χ0n) is 14.0. The number of hydrogen-bond donors (Lipinski definition) is 3. The number of nitrogens with zero attached hydrogens (tertiary/aromatic N) is 2. The number of amides is 1. The highest BCUT2D eigenvalue weighted by Crippen LogP contribution is 2.24. The van der Waals surface area contributed by atoms with Crippen LogP contribution in [0.25, 0.3) is 11.0 Å². The maximum absolute atomic E-state index is 12.4. The first-order chi connectivity index (χ1) is 11.7. The zero-order chi connectivity index (χ0) is 18.7. The topological polar surface area (TPSA) is 122 Å². The Labute approximate surface area is 143 Å². The first-order valence-electron chi connectivity index (χ1n) is 7.45. The van der Waals surface area contributed by atoms with E-state index >= 15 is 0 Å². The molecule has 0 aliphatic rings. The maximum Gasteiger partial charge on any atom is 0.322 e. The number of aryl methyl sites for hydroxylation is 1. The molecular weight excluding hydrogens is 326 g/mol. The lowest BCUT2D eigenvalue weighted by Crippen LogP contribution is -2.35. The second-order valence-corrected chi connectivity index (χ2v) is 5.68. The molecule has 0 unspecified atom stereocenters. The summed E-state index contributed by atoms with van der Waals surface area (Å²) in [5.41, 5.74) is -0.377. The third-order valence-electron chi connectivity index (χ3n) is 3.34. The fourth-order valence-electron chi connectivity index (χ4n) is 2.13. The first-order valence-corrected chi connectivity index (χ1v) is 7.45. The van der Waals surface area contributed by atoms with Gasteiger partial charge in [-0.25, -0.2) is 4.98 Å². The van der Waals surface area contributed by atoms with E-state index in [-0.39, 0.29) is 11.4 Å². The van der Waals surface area contributed by atoms with Crippen molar-refractivity contribution >= 4 is 22.9 Å². The van der Waals surface area contributed by atoms with E-state index in [2.05, 4.69) is 22.1 Å². The van der Waals surface area contributed by atoms with Gasteiger partial charge in [-0.2, -0.15) is 0 Å². The number of carboxylic acid groups (broad SMARTS) is 1. The molecule has 0 atom stereocenters. The summed E-state index contributed by atoms with van der Waals surface area (Å²) in [7, 11) is 1.43. The van der Waals surface area contributed by atoms with Crippen LogP contribution in [0.15, 0.2) is 17.1 Å². The summed E-state index contributed by atoms with van der Waals surface area (Å²) in [5, 5.41) is 20.9. The fraction of sp³-hybridized carbons (Fsp3) is 0.294. The van der Waals surface area contributed by atoms with E-state index in [1.54, 1.807) is 6.07 Å². The van der Waals surface area contributed by atoms with E-state index in [1.807, 2.05) is 13.8 Å². The van der Waals surface area contributed by atoms with Crippen LogP contribution in [0.1, 0.15) is 29.8 Å². The van der Waals surface area contributed by atoms with Gasteiger partial charge in [0.1, 0.15) is 17.6 Å². The molecule has 1 amide bonds. The molecule has 0 spiro atoms. The minimum atomic E-state index is -1.27. The molecule has 2 aromatic heterocycles. The molecule has 2 rings (SSSR count). The van der Waals surface area contributed by atoms with Crippen molar-refractivity contribution < 1.29 is 19.8 Å². The monoisotopic (exact) mass is 343 g/mol. The average Bonchev–Trinajstić information content (AvgIpc) is 2.56. The van der Waals surface area contributed by atoms with Gasteiger partial charge in [-0.3, -0.25) is 14.4 Å². The number of aromatic nitrogens is 2. The Morgan fingerprint density at radius 2 is 2.08 bits per heavy atom. The lowest BCUT2D eigenvalue weighted by Gasteiger charge is -2.11. The van der Waals surface area contributed by atoms with E-state index in [0.717, 1.165) is 4.57 Å². The normalized spacial score (nSPS) is 10.4. The van der Waals surface area contributed by atoms with Gasteiger partial charge in [-0.15, -0.1) is 0 Å². The summed E-state index contributed by atoms with van der Waals surface area (Å²) in [6.45, 7) is 3.20. The van der Waals surface area contributed by atoms with Crippen molar-refractivity contribution in [3.63, 3.8) is 0 Å². The number of rotatable bonds is 3. The summed E-state index contributed by atoms with van der Waals surface area (Å²) < 4.78 is 1.16. The van der Waals surface area contributed by atoms with Gasteiger partial charge < -0.3 is 20.1 Å². The standard InChI is InChI=1S/C17H17N3O5/c1-9(2)4-5-10-6-11-14(18-7-10)15(23)13(17(25)20(11)3)16(24)19-8-12(21)22/h6-7,9,23H,8H2,1-3H3,(H,19,24)(H,21,22). The molecule has 0 saturated heterocycles. The van der Waals surface area contributed by atoms with Crippen molar-refractivity contribution in [3.05, 3.63) is 33.7 Å². The van der Waals surface area contributed by atoms with Crippen molar-refractivity contribution in [1.29, 1.82) is 0 Å². The first kappa shape index (κ1) is 18.0. The molecule has 130 valence electrons. The fourth-order valence-corrected chi connectivity index (χ4v) is 2.13. The predicted molar refractivity (Wildman–Crippen MR) is 90.3 cm³/mol. The van der Waals surface area contributed by atoms with Crippen LogP contribution in [0.4, 0.5) is 0 Å². The number of carbonyl (C=O) groups is 2. The summed E-state index contributed by atoms with van der Waals surface area (Å²) in [6.07, 6.45) is 1.43. The molecule has 0 aromatic carbocycles. The third-order valence-corrected chi connectivity index (χ3v) is 3.34. The van der Waals surface area contributed by atoms with Gasteiger partial charge in [0.2, 0.25) is 0 Å². The maximum atomic E-state index is 12.4. The van der Waals surface area contributed by atoms with Crippen molar-refractivity contribution in [1.82, 2.24) is 14.9 Å². The highest BCUT2D eigenvalue weighted by atomic mass is 16.4. The zero-order valence-corrected chi connectivity index (χ0v) is 14.0. The minimum absolute atomic E-state index is 0.0534. The van der Waals surface area contributed by atoms with E-state index in [1.165, 1.54) is 13.2 Å². The summed E-state index contributed by atoms with van der Waals surface area (Å²) in [6, 6.07) is 1.60. The molecule has 2 heterocycles. The van der Waals surface area contributed by atoms with Crippen LogP contribution in [0.2, 0.25) is 0 Å². The van der Waals surface area contributed by atoms with Crippen molar-refractivity contribution in [3.8, 4) is 17.6 Å². The van der Waals surface area contributed by atoms with E-state index in [0.29, 0.717) is 11.1 Å². The number of hydrogen-bond acceptors (Lipinski definition) is 5. The van der Waals surface area contributed by atoms with Gasteiger partial charge in [0.25, 0.3) is 11.5 Å². The molecule has 0 aliphatic carbocycles. The Morgan fingerprint density at radius 3 is 2.68 bits per heavy atom. The van der Waals surface area contributed by atoms with Crippen molar-refractivity contribution in [2.24, 2.45) is 13.0 Å². The van der Waals surface area contributed by atoms with E-state index in [9.17, 15) is 19.5 Å². The Hall–Kier alpha value is -3.34. The molecule has 8 heteroatoms. The molecule has 3 N–H and O–H groups in total. The lowest BCUT2D eigenvalue weighted by atomic mass is 10.1. The van der Waals surface area contributed by atoms with Gasteiger partial charge in [0.05, 0.1) is 5.52 Å². The molecule has 0 bridgehead atoms. The third kappa shape index (κ3) is 3.77. The van der Waals surface area contributed by atoms with Crippen molar-refractivity contribution in [2.75, 3.05) is 6.54 Å². The number of carbonyl (C=O) groups excluding carboxylic acids is 1. The van der Waals surface area contributed by atoms with Crippen LogP contribution in [-0.4, -0.2) is 38.2 Å². The van der Waals surface area contributed by atoms with Crippen LogP contribution in [0.3, 0.4) is 0 Å². The molecular formula is C17H17N3O5. The van der Waals surface area contributed by atoms with Crippen LogP contribution >= 0.6 is 0 Å². The SMILES string of the molecule is CC(C)C#Cc1cnc2c(O)c(C(=O)NCC(=O)O)c(=O)n(C)c2c1. The van der Waals surface area contributed by atoms with Gasteiger partial charge in [-0.1, -0.05) is 25.7 Å². The molecule has 2 aromatic rings. The molecule has 8 nitrogen and oxygen atoms in total. The Balaban J connectivity index is 2.61. The molecule has 0 saturated carbocycles. The Bertz CT molecular complexity index is 980. The molecule has 0 radical (unpaired) electrons. The van der Waals surface area contributed by atoms with Crippen LogP contribution in [0.5, 0.6) is 5.75 Å². The summed E-state index contributed by atoms with van der Waals surface area (Å²) >= 11 is 0. The molecule has 25 heavy (non-hydrogen) atoms. The van der Waals surface area contributed by atoms with Crippen LogP contribution in [-0.2, 0) is 11.8 Å². The number of fused-ring (bicyclic) bond motifs is 1. The van der Waals surface area contributed by atoms with Crippen molar-refractivity contribution in [2.45, 2.75) is 13.8 Å². The smallest absolute Gasteiger partial charge is 0.322 e. The Morgan fingerprint density at radius 1 is 1.40 bits per heavy atom. The second-order valence-electron chi connectivity index (χ2n) is 5.68.